The summed E-state index contributed by atoms with van der Waals surface area (Å²) < 4.78 is 4.89. The lowest BCUT2D eigenvalue weighted by atomic mass is 9.45. The highest BCUT2D eigenvalue weighted by Gasteiger charge is 2.68. The largest absolute Gasteiger partial charge is 0.458 e. The molecule has 0 aromatic carbocycles. The van der Waals surface area contributed by atoms with E-state index < -0.39 is 40.9 Å². The summed E-state index contributed by atoms with van der Waals surface area (Å²) in [5, 5.41) is 22.9. The average molecular weight is 417 g/mol. The van der Waals surface area contributed by atoms with Crippen molar-refractivity contribution in [1.82, 2.24) is 0 Å². The molecule has 4 aliphatic rings. The van der Waals surface area contributed by atoms with Crippen molar-refractivity contribution < 1.29 is 29.3 Å². The molecule has 0 radical (unpaired) electrons. The molecule has 5 unspecified atom stereocenters. The molecule has 0 saturated heterocycles. The maximum Gasteiger partial charge on any atom is 0.303 e. The van der Waals surface area contributed by atoms with Crippen molar-refractivity contribution in [1.29, 1.82) is 0 Å². The van der Waals surface area contributed by atoms with Gasteiger partial charge in [-0.1, -0.05) is 32.4 Å². The Labute approximate surface area is 177 Å². The fourth-order valence-corrected chi connectivity index (χ4v) is 7.50. The van der Waals surface area contributed by atoms with E-state index in [0.717, 1.165) is 12.0 Å². The van der Waals surface area contributed by atoms with Crippen LogP contribution in [0.25, 0.3) is 0 Å². The quantitative estimate of drug-likeness (QED) is 0.685. The fourth-order valence-electron chi connectivity index (χ4n) is 7.50. The molecule has 0 aliphatic heterocycles. The van der Waals surface area contributed by atoms with Gasteiger partial charge in [-0.2, -0.15) is 0 Å². The zero-order chi connectivity index (χ0) is 22.1. The van der Waals surface area contributed by atoms with Crippen LogP contribution in [-0.2, 0) is 19.1 Å². The number of aliphatic hydroxyl groups excluding tert-OH is 1. The molecule has 2 N–H and O–H groups in total. The number of allylic oxidation sites excluding steroid dienone is 4. The summed E-state index contributed by atoms with van der Waals surface area (Å²) in [4.78, 5) is 36.1. The van der Waals surface area contributed by atoms with Crippen LogP contribution in [0.15, 0.2) is 23.8 Å². The lowest BCUT2D eigenvalue weighted by Gasteiger charge is -2.60. The number of Topliss-reactive ketones (excluding diaryl/α,β-unsaturated/α-hetero) is 1. The Morgan fingerprint density at radius 1 is 1.30 bits per heavy atom. The SMILES string of the molecule is CC(=O)OCC(=O)[C@@]1(O)CCC2C3CC(C)C4=CC(=O)C=C[C@]4(C)C3C(O)C[C@@]21C. The first-order chi connectivity index (χ1) is 13.9. The molecular weight excluding hydrogens is 384 g/mol. The molecular formula is C24H32O6. The predicted octanol–water partition coefficient (Wildman–Crippen LogP) is 2.37. The van der Waals surface area contributed by atoms with E-state index >= 15 is 0 Å². The van der Waals surface area contributed by atoms with Gasteiger partial charge in [0.15, 0.2) is 12.4 Å². The number of esters is 1. The van der Waals surface area contributed by atoms with Crippen molar-refractivity contribution in [3.8, 4) is 0 Å². The third-order valence-corrected chi connectivity index (χ3v) is 8.84. The second-order valence-corrected chi connectivity index (χ2v) is 10.3. The molecule has 0 spiro atoms. The van der Waals surface area contributed by atoms with Gasteiger partial charge in [0, 0.05) is 23.7 Å². The Morgan fingerprint density at radius 2 is 2.00 bits per heavy atom. The second kappa shape index (κ2) is 6.86. The number of fused-ring (bicyclic) bond motifs is 5. The minimum atomic E-state index is -1.61. The number of hydrogen-bond acceptors (Lipinski definition) is 6. The summed E-state index contributed by atoms with van der Waals surface area (Å²) in [5.74, 6) is -0.712. The summed E-state index contributed by atoms with van der Waals surface area (Å²) in [6.07, 6.45) is 6.71. The van der Waals surface area contributed by atoms with Crippen molar-refractivity contribution in [2.24, 2.45) is 34.5 Å². The molecule has 3 saturated carbocycles. The maximum atomic E-state index is 12.9. The molecule has 30 heavy (non-hydrogen) atoms. The topological polar surface area (TPSA) is 101 Å². The van der Waals surface area contributed by atoms with E-state index in [0.29, 0.717) is 19.3 Å². The normalized spacial score (nSPS) is 47.1. The molecule has 0 aromatic heterocycles. The van der Waals surface area contributed by atoms with E-state index in [2.05, 4.69) is 13.8 Å². The van der Waals surface area contributed by atoms with Gasteiger partial charge in [0.05, 0.1) is 6.10 Å². The summed E-state index contributed by atoms with van der Waals surface area (Å²) in [7, 11) is 0. The molecule has 6 heteroatoms. The number of carbonyl (C=O) groups excluding carboxylic acids is 3. The van der Waals surface area contributed by atoms with Crippen molar-refractivity contribution in [3.05, 3.63) is 23.8 Å². The van der Waals surface area contributed by atoms with Gasteiger partial charge >= 0.3 is 5.97 Å². The summed E-state index contributed by atoms with van der Waals surface area (Å²) >= 11 is 0. The van der Waals surface area contributed by atoms with Crippen LogP contribution in [-0.4, -0.2) is 46.1 Å². The Bertz CT molecular complexity index is 858. The molecule has 0 amide bonds. The van der Waals surface area contributed by atoms with Crippen LogP contribution in [0.5, 0.6) is 0 Å². The fraction of sp³-hybridized carbons (Fsp3) is 0.708. The van der Waals surface area contributed by atoms with Crippen LogP contribution in [0, 0.1) is 34.5 Å². The Morgan fingerprint density at radius 3 is 2.67 bits per heavy atom. The number of hydrogen-bond donors (Lipinski definition) is 2. The van der Waals surface area contributed by atoms with E-state index in [1.165, 1.54) is 6.92 Å². The van der Waals surface area contributed by atoms with Crippen molar-refractivity contribution >= 4 is 17.5 Å². The predicted molar refractivity (Wildman–Crippen MR) is 109 cm³/mol. The van der Waals surface area contributed by atoms with Crippen LogP contribution in [0.1, 0.15) is 53.4 Å². The van der Waals surface area contributed by atoms with Crippen molar-refractivity contribution in [2.75, 3.05) is 6.61 Å². The zero-order valence-corrected chi connectivity index (χ0v) is 18.2. The van der Waals surface area contributed by atoms with Crippen LogP contribution in [0.4, 0.5) is 0 Å². The third-order valence-electron chi connectivity index (χ3n) is 8.84. The van der Waals surface area contributed by atoms with E-state index in [1.54, 1.807) is 12.2 Å². The van der Waals surface area contributed by atoms with Gasteiger partial charge in [0.1, 0.15) is 5.60 Å². The number of ketones is 2. The number of ether oxygens (including phenoxy) is 1. The molecule has 0 heterocycles. The van der Waals surface area contributed by atoms with Crippen LogP contribution < -0.4 is 0 Å². The average Bonchev–Trinajstić information content (AvgIpc) is 2.93. The van der Waals surface area contributed by atoms with Crippen molar-refractivity contribution in [3.63, 3.8) is 0 Å². The summed E-state index contributed by atoms with van der Waals surface area (Å²) in [5.41, 5.74) is -1.72. The second-order valence-electron chi connectivity index (χ2n) is 10.3. The van der Waals surface area contributed by atoms with Gasteiger partial charge in [-0.15, -0.1) is 0 Å². The maximum absolute atomic E-state index is 12.9. The summed E-state index contributed by atoms with van der Waals surface area (Å²) in [6, 6.07) is 0. The van der Waals surface area contributed by atoms with Gasteiger partial charge < -0.3 is 14.9 Å². The number of rotatable bonds is 3. The molecule has 4 aliphatic carbocycles. The standard InChI is InChI=1S/C24H32O6/c1-13-9-16-17-6-8-24(29,20(28)12-30-14(2)25)23(17,4)11-19(27)21(16)22(3)7-5-15(26)10-18(13)22/h5,7,10,13,16-17,19,21,27,29H,6,8-9,11-12H2,1-4H3/t13?,16?,17?,19?,21?,22-,23-,24-/m0/s1. The first-order valence-electron chi connectivity index (χ1n) is 11.0. The molecule has 0 bridgehead atoms. The summed E-state index contributed by atoms with van der Waals surface area (Å²) in [6.45, 7) is 6.94. The van der Waals surface area contributed by atoms with Crippen LogP contribution in [0.3, 0.4) is 0 Å². The van der Waals surface area contributed by atoms with Crippen LogP contribution >= 0.6 is 0 Å². The third kappa shape index (κ3) is 2.79. The lowest BCUT2D eigenvalue weighted by molar-refractivity contribution is -0.182. The van der Waals surface area contributed by atoms with Gasteiger partial charge in [-0.05, 0) is 55.6 Å². The van der Waals surface area contributed by atoms with Gasteiger partial charge in [0.25, 0.3) is 0 Å². The molecule has 6 nitrogen and oxygen atoms in total. The van der Waals surface area contributed by atoms with E-state index in [1.807, 2.05) is 13.0 Å². The molecule has 8 atom stereocenters. The first-order valence-corrected chi connectivity index (χ1v) is 11.0. The van der Waals surface area contributed by atoms with Gasteiger partial charge in [-0.25, -0.2) is 0 Å². The van der Waals surface area contributed by atoms with Crippen LogP contribution in [0.2, 0.25) is 0 Å². The Balaban J connectivity index is 1.70. The minimum Gasteiger partial charge on any atom is -0.458 e. The lowest BCUT2D eigenvalue weighted by Crippen LogP contribution is -2.62. The smallest absolute Gasteiger partial charge is 0.303 e. The molecule has 0 aromatic rings. The van der Waals surface area contributed by atoms with Gasteiger partial charge in [0.2, 0.25) is 5.78 Å². The van der Waals surface area contributed by atoms with E-state index in [9.17, 15) is 24.6 Å². The molecule has 4 rings (SSSR count). The zero-order valence-electron chi connectivity index (χ0n) is 18.2. The first kappa shape index (κ1) is 21.4. The number of aliphatic hydroxyl groups is 2. The number of carbonyl (C=O) groups is 3. The highest BCUT2D eigenvalue weighted by molar-refractivity contribution is 6.01. The molecule has 164 valence electrons. The Hall–Kier alpha value is -1.79. The Kier molecular flexibility index (Phi) is 4.90. The highest BCUT2D eigenvalue weighted by Crippen LogP contribution is 2.67. The highest BCUT2D eigenvalue weighted by atomic mass is 16.5. The van der Waals surface area contributed by atoms with Crippen molar-refractivity contribution in [2.45, 2.75) is 65.1 Å². The minimum absolute atomic E-state index is 0.00535. The molecule has 3 fully saturated rings. The van der Waals surface area contributed by atoms with E-state index in [-0.39, 0.29) is 29.5 Å². The van der Waals surface area contributed by atoms with Gasteiger partial charge in [-0.3, -0.25) is 14.4 Å². The van der Waals surface area contributed by atoms with E-state index in [4.69, 9.17) is 4.74 Å². The monoisotopic (exact) mass is 416 g/mol.